The quantitative estimate of drug-likeness (QED) is 0.558. The van der Waals surface area contributed by atoms with Crippen molar-refractivity contribution in [1.82, 2.24) is 11.1 Å². The minimum atomic E-state index is 0. The van der Waals surface area contributed by atoms with Gasteiger partial charge in [0, 0.05) is 6.20 Å². The molecule has 0 saturated carbocycles. The molecule has 0 amide bonds. The van der Waals surface area contributed by atoms with Gasteiger partial charge in [-0.25, -0.2) is 4.98 Å². The molecule has 3 N–H and O–H groups in total. The maximum Gasteiger partial charge on any atom is 0.140 e. The van der Waals surface area contributed by atoms with Crippen LogP contribution in [0, 0.1) is 11.3 Å². The lowest BCUT2D eigenvalue weighted by Gasteiger charge is -1.79. The molecule has 1 heterocycles. The van der Waals surface area contributed by atoms with Gasteiger partial charge < -0.3 is 6.15 Å². The van der Waals surface area contributed by atoms with Crippen LogP contribution in [0.2, 0.25) is 0 Å². The van der Waals surface area contributed by atoms with Gasteiger partial charge in [-0.1, -0.05) is 6.07 Å². The van der Waals surface area contributed by atoms with E-state index in [0.717, 1.165) is 0 Å². The third-order valence-electron chi connectivity index (χ3n) is 0.779. The van der Waals surface area contributed by atoms with Gasteiger partial charge in [-0.15, -0.1) is 0 Å². The molecule has 0 aromatic carbocycles. The van der Waals surface area contributed by atoms with E-state index in [1.165, 1.54) is 0 Å². The lowest BCUT2D eigenvalue weighted by Crippen LogP contribution is -1.75. The van der Waals surface area contributed by atoms with E-state index in [4.69, 9.17) is 5.26 Å². The molecule has 0 aliphatic rings. The van der Waals surface area contributed by atoms with Crippen molar-refractivity contribution in [3.8, 4) is 6.07 Å². The molecule has 0 spiro atoms. The molecule has 3 nitrogen and oxygen atoms in total. The van der Waals surface area contributed by atoms with E-state index in [-0.39, 0.29) is 6.15 Å². The van der Waals surface area contributed by atoms with Crippen molar-refractivity contribution < 1.29 is 0 Å². The number of hydrogen-bond acceptors (Lipinski definition) is 3. The van der Waals surface area contributed by atoms with Crippen LogP contribution in [0.5, 0.6) is 0 Å². The van der Waals surface area contributed by atoms with Crippen LogP contribution in [-0.4, -0.2) is 4.98 Å². The molecule has 0 bridgehead atoms. The Labute approximate surface area is 53.5 Å². The molecule has 1 rings (SSSR count). The van der Waals surface area contributed by atoms with Crippen LogP contribution in [0.25, 0.3) is 0 Å². The molecule has 0 atom stereocenters. The summed E-state index contributed by atoms with van der Waals surface area (Å²) in [7, 11) is 0. The molecule has 0 aliphatic heterocycles. The van der Waals surface area contributed by atoms with Crippen LogP contribution in [0.3, 0.4) is 0 Å². The summed E-state index contributed by atoms with van der Waals surface area (Å²) in [5, 5.41) is 8.23. The topological polar surface area (TPSA) is 71.7 Å². The summed E-state index contributed by atoms with van der Waals surface area (Å²) < 4.78 is 0. The SMILES string of the molecule is N.N#Cc1ccccn1. The van der Waals surface area contributed by atoms with Crippen molar-refractivity contribution in [2.24, 2.45) is 0 Å². The third-order valence-corrected chi connectivity index (χ3v) is 0.779. The predicted octanol–water partition coefficient (Wildman–Crippen LogP) is 1.12. The van der Waals surface area contributed by atoms with Gasteiger partial charge in [0.05, 0.1) is 0 Å². The highest BCUT2D eigenvalue weighted by Crippen LogP contribution is 1.86. The highest BCUT2D eigenvalue weighted by Gasteiger charge is 1.81. The smallest absolute Gasteiger partial charge is 0.140 e. The Kier molecular flexibility index (Phi) is 3.03. The van der Waals surface area contributed by atoms with Crippen LogP contribution >= 0.6 is 0 Å². The molecule has 46 valence electrons. The molecular formula is C6H7N3. The first-order valence-electron chi connectivity index (χ1n) is 2.24. The van der Waals surface area contributed by atoms with Crippen LogP contribution in [0.1, 0.15) is 5.69 Å². The van der Waals surface area contributed by atoms with Gasteiger partial charge in [0.15, 0.2) is 0 Å². The van der Waals surface area contributed by atoms with Gasteiger partial charge in [0.2, 0.25) is 0 Å². The molecule has 0 radical (unpaired) electrons. The molecule has 0 saturated heterocycles. The first-order valence-corrected chi connectivity index (χ1v) is 2.24. The zero-order valence-corrected chi connectivity index (χ0v) is 4.91. The highest BCUT2D eigenvalue weighted by molar-refractivity contribution is 5.18. The van der Waals surface area contributed by atoms with Gasteiger partial charge in [-0.2, -0.15) is 5.26 Å². The fourth-order valence-corrected chi connectivity index (χ4v) is 0.429. The van der Waals surface area contributed by atoms with Crippen LogP contribution in [0.4, 0.5) is 0 Å². The molecule has 1 aromatic heterocycles. The monoisotopic (exact) mass is 121 g/mol. The van der Waals surface area contributed by atoms with Gasteiger partial charge in [-0.3, -0.25) is 0 Å². The molecule has 3 heteroatoms. The number of nitriles is 1. The standard InChI is InChI=1S/C6H4N2.H3N/c7-5-6-3-1-2-4-8-6;/h1-4H;1H3. The summed E-state index contributed by atoms with van der Waals surface area (Å²) in [6.45, 7) is 0. The summed E-state index contributed by atoms with van der Waals surface area (Å²) in [6, 6.07) is 7.14. The van der Waals surface area contributed by atoms with Gasteiger partial charge in [0.25, 0.3) is 0 Å². The molecule has 0 unspecified atom stereocenters. The second-order valence-corrected chi connectivity index (χ2v) is 1.33. The number of pyridine rings is 1. The van der Waals surface area contributed by atoms with Crippen molar-refractivity contribution in [2.45, 2.75) is 0 Å². The summed E-state index contributed by atoms with van der Waals surface area (Å²) in [4.78, 5) is 3.74. The highest BCUT2D eigenvalue weighted by atomic mass is 14.7. The van der Waals surface area contributed by atoms with E-state index >= 15 is 0 Å². The summed E-state index contributed by atoms with van der Waals surface area (Å²) >= 11 is 0. The summed E-state index contributed by atoms with van der Waals surface area (Å²) in [5.74, 6) is 0. The Bertz CT molecular complexity index is 199. The largest absolute Gasteiger partial charge is 0.344 e. The van der Waals surface area contributed by atoms with Crippen molar-refractivity contribution in [3.63, 3.8) is 0 Å². The maximum atomic E-state index is 8.23. The van der Waals surface area contributed by atoms with Gasteiger partial charge in [0.1, 0.15) is 11.8 Å². The van der Waals surface area contributed by atoms with Gasteiger partial charge in [-0.05, 0) is 12.1 Å². The summed E-state index contributed by atoms with van der Waals surface area (Å²) in [5.41, 5.74) is 0.465. The Morgan fingerprint density at radius 2 is 2.22 bits per heavy atom. The van der Waals surface area contributed by atoms with Crippen molar-refractivity contribution >= 4 is 0 Å². The number of hydrogen-bond donors (Lipinski definition) is 1. The predicted molar refractivity (Wildman–Crippen MR) is 34.0 cm³/mol. The normalized spacial score (nSPS) is 7.00. The number of nitrogens with zero attached hydrogens (tertiary/aromatic N) is 2. The van der Waals surface area contributed by atoms with Gasteiger partial charge >= 0.3 is 0 Å². The first-order chi connectivity index (χ1) is 3.93. The van der Waals surface area contributed by atoms with E-state index in [2.05, 4.69) is 4.98 Å². The van der Waals surface area contributed by atoms with E-state index in [1.807, 2.05) is 6.07 Å². The molecule has 0 fully saturated rings. The number of rotatable bonds is 0. The van der Waals surface area contributed by atoms with Crippen molar-refractivity contribution in [1.29, 1.82) is 5.26 Å². The number of aromatic nitrogens is 1. The molecule has 0 aliphatic carbocycles. The van der Waals surface area contributed by atoms with E-state index < -0.39 is 0 Å². The Morgan fingerprint density at radius 3 is 2.56 bits per heavy atom. The third kappa shape index (κ3) is 1.89. The Hall–Kier alpha value is -1.40. The fraction of sp³-hybridized carbons (Fsp3) is 0. The Morgan fingerprint density at radius 1 is 1.44 bits per heavy atom. The van der Waals surface area contributed by atoms with Crippen molar-refractivity contribution in [3.05, 3.63) is 30.1 Å². The molecular weight excluding hydrogens is 114 g/mol. The van der Waals surface area contributed by atoms with E-state index in [1.54, 1.807) is 24.4 Å². The first kappa shape index (κ1) is 7.60. The molecule has 1 aromatic rings. The minimum Gasteiger partial charge on any atom is -0.344 e. The average Bonchev–Trinajstić information content (AvgIpc) is 1.90. The average molecular weight is 121 g/mol. The molecule has 9 heavy (non-hydrogen) atoms. The lowest BCUT2D eigenvalue weighted by molar-refractivity contribution is 1.26. The minimum absolute atomic E-state index is 0. The van der Waals surface area contributed by atoms with Crippen molar-refractivity contribution in [2.75, 3.05) is 0 Å². The second-order valence-electron chi connectivity index (χ2n) is 1.33. The van der Waals surface area contributed by atoms with E-state index in [0.29, 0.717) is 5.69 Å². The van der Waals surface area contributed by atoms with Crippen LogP contribution in [-0.2, 0) is 0 Å². The lowest BCUT2D eigenvalue weighted by atomic mass is 10.4. The maximum absolute atomic E-state index is 8.23. The van der Waals surface area contributed by atoms with Crippen LogP contribution < -0.4 is 6.15 Å². The zero-order chi connectivity index (χ0) is 5.82. The van der Waals surface area contributed by atoms with E-state index in [9.17, 15) is 0 Å². The zero-order valence-electron chi connectivity index (χ0n) is 4.91. The Balaban J connectivity index is 0.000000640. The fourth-order valence-electron chi connectivity index (χ4n) is 0.429. The summed E-state index contributed by atoms with van der Waals surface area (Å²) in [6.07, 6.45) is 1.60. The van der Waals surface area contributed by atoms with Crippen LogP contribution in [0.15, 0.2) is 24.4 Å². The second kappa shape index (κ2) is 3.58.